The van der Waals surface area contributed by atoms with Gasteiger partial charge in [0, 0.05) is 21.1 Å². The molecule has 0 saturated heterocycles. The van der Waals surface area contributed by atoms with E-state index in [0.717, 1.165) is 15.7 Å². The monoisotopic (exact) mass is 459 g/mol. The van der Waals surface area contributed by atoms with Gasteiger partial charge in [-0.05, 0) is 55.0 Å². The van der Waals surface area contributed by atoms with Gasteiger partial charge in [-0.2, -0.15) is 0 Å². The number of aryl methyl sites for hydroxylation is 1. The Morgan fingerprint density at radius 2 is 1.89 bits per heavy atom. The van der Waals surface area contributed by atoms with E-state index in [2.05, 4.69) is 31.5 Å². The van der Waals surface area contributed by atoms with Gasteiger partial charge in [-0.3, -0.25) is 14.9 Å². The number of halogens is 1. The maximum atomic E-state index is 12.3. The highest BCUT2D eigenvalue weighted by molar-refractivity contribution is 9.10. The van der Waals surface area contributed by atoms with E-state index in [-0.39, 0.29) is 18.2 Å². The summed E-state index contributed by atoms with van der Waals surface area (Å²) >= 11 is 4.68. The molecule has 0 atom stereocenters. The van der Waals surface area contributed by atoms with Crippen LogP contribution in [0.15, 0.2) is 52.3 Å². The number of nitrogens with zero attached hydrogens (tertiary/aromatic N) is 1. The van der Waals surface area contributed by atoms with E-state index in [1.54, 1.807) is 36.8 Å². The fraction of sp³-hybridized carbons (Fsp3) is 0.150. The van der Waals surface area contributed by atoms with Crippen LogP contribution in [-0.2, 0) is 11.2 Å². The molecule has 0 spiro atoms. The SMILES string of the molecule is COc1ccc(C(=O)Nc2nc(CC(=O)Nc3ccc(Br)cc3C)cs2)cc1. The Hall–Kier alpha value is -2.71. The summed E-state index contributed by atoms with van der Waals surface area (Å²) in [5.41, 5.74) is 2.83. The summed E-state index contributed by atoms with van der Waals surface area (Å²) in [6.07, 6.45) is 0.129. The third-order valence-electron chi connectivity index (χ3n) is 3.93. The first-order valence-corrected chi connectivity index (χ1v) is 10.1. The van der Waals surface area contributed by atoms with Crippen LogP contribution >= 0.6 is 27.3 Å². The summed E-state index contributed by atoms with van der Waals surface area (Å²) < 4.78 is 6.04. The number of hydrogen-bond donors (Lipinski definition) is 2. The molecule has 0 radical (unpaired) electrons. The van der Waals surface area contributed by atoms with Crippen LogP contribution in [0, 0.1) is 6.92 Å². The van der Waals surface area contributed by atoms with E-state index >= 15 is 0 Å². The zero-order valence-electron chi connectivity index (χ0n) is 15.3. The number of nitrogens with one attached hydrogen (secondary N) is 2. The van der Waals surface area contributed by atoms with Crippen LogP contribution in [-0.4, -0.2) is 23.9 Å². The summed E-state index contributed by atoms with van der Waals surface area (Å²) in [5.74, 6) is 0.252. The van der Waals surface area contributed by atoms with Gasteiger partial charge in [0.1, 0.15) is 5.75 Å². The van der Waals surface area contributed by atoms with Gasteiger partial charge in [-0.25, -0.2) is 4.98 Å². The van der Waals surface area contributed by atoms with Crippen molar-refractivity contribution in [3.05, 3.63) is 69.1 Å². The lowest BCUT2D eigenvalue weighted by atomic mass is 10.2. The third-order valence-corrected chi connectivity index (χ3v) is 5.23. The van der Waals surface area contributed by atoms with E-state index < -0.39 is 0 Å². The molecule has 2 amide bonds. The predicted octanol–water partition coefficient (Wildman–Crippen LogP) is 4.66. The van der Waals surface area contributed by atoms with E-state index in [1.807, 2.05) is 25.1 Å². The Labute approximate surface area is 175 Å². The smallest absolute Gasteiger partial charge is 0.257 e. The van der Waals surface area contributed by atoms with Crippen molar-refractivity contribution in [2.24, 2.45) is 0 Å². The number of hydrogen-bond acceptors (Lipinski definition) is 5. The van der Waals surface area contributed by atoms with Crippen LogP contribution in [0.2, 0.25) is 0 Å². The summed E-state index contributed by atoms with van der Waals surface area (Å²) in [6.45, 7) is 1.93. The number of carbonyl (C=O) groups excluding carboxylic acids is 2. The van der Waals surface area contributed by atoms with Crippen LogP contribution in [0.25, 0.3) is 0 Å². The molecule has 2 N–H and O–H groups in total. The standard InChI is InChI=1S/C20H18BrN3O3S/c1-12-9-14(21)5-8-17(12)23-18(25)10-15-11-28-20(22-15)24-19(26)13-3-6-16(27-2)7-4-13/h3-9,11H,10H2,1-2H3,(H,23,25)(H,22,24,26). The second kappa shape index (κ2) is 8.99. The van der Waals surface area contributed by atoms with Crippen molar-refractivity contribution < 1.29 is 14.3 Å². The molecule has 3 rings (SSSR count). The van der Waals surface area contributed by atoms with Gasteiger partial charge in [-0.15, -0.1) is 11.3 Å². The Kier molecular flexibility index (Phi) is 6.43. The topological polar surface area (TPSA) is 80.3 Å². The molecular weight excluding hydrogens is 442 g/mol. The Morgan fingerprint density at radius 1 is 1.14 bits per heavy atom. The molecule has 0 bridgehead atoms. The van der Waals surface area contributed by atoms with Crippen LogP contribution in [0.5, 0.6) is 5.75 Å². The Balaban J connectivity index is 1.58. The molecule has 1 aromatic heterocycles. The van der Waals surface area contributed by atoms with Crippen LogP contribution in [0.3, 0.4) is 0 Å². The maximum Gasteiger partial charge on any atom is 0.257 e. The van der Waals surface area contributed by atoms with Crippen molar-refractivity contribution >= 4 is 49.9 Å². The van der Waals surface area contributed by atoms with Crippen molar-refractivity contribution in [2.75, 3.05) is 17.7 Å². The molecule has 0 saturated carbocycles. The number of thiazole rings is 1. The fourth-order valence-electron chi connectivity index (χ4n) is 2.48. The van der Waals surface area contributed by atoms with Crippen LogP contribution in [0.1, 0.15) is 21.6 Å². The average molecular weight is 460 g/mol. The lowest BCUT2D eigenvalue weighted by Crippen LogP contribution is -2.15. The van der Waals surface area contributed by atoms with Gasteiger partial charge < -0.3 is 10.1 Å². The van der Waals surface area contributed by atoms with Gasteiger partial charge in [0.15, 0.2) is 5.13 Å². The molecule has 0 aliphatic carbocycles. The van der Waals surface area contributed by atoms with Crippen molar-refractivity contribution in [3.8, 4) is 5.75 Å². The molecule has 6 nitrogen and oxygen atoms in total. The molecule has 0 unspecified atom stereocenters. The molecule has 0 fully saturated rings. The minimum atomic E-state index is -0.265. The number of rotatable bonds is 6. The molecular formula is C20H18BrN3O3S. The van der Waals surface area contributed by atoms with Crippen molar-refractivity contribution in [1.29, 1.82) is 0 Å². The van der Waals surface area contributed by atoms with Gasteiger partial charge in [0.2, 0.25) is 5.91 Å². The minimum Gasteiger partial charge on any atom is -0.497 e. The number of amides is 2. The predicted molar refractivity (Wildman–Crippen MR) is 114 cm³/mol. The first kappa shape index (κ1) is 20.0. The average Bonchev–Trinajstić information content (AvgIpc) is 3.10. The van der Waals surface area contributed by atoms with E-state index in [0.29, 0.717) is 22.1 Å². The Bertz CT molecular complexity index is 1000. The minimum absolute atomic E-state index is 0.129. The zero-order valence-corrected chi connectivity index (χ0v) is 17.7. The fourth-order valence-corrected chi connectivity index (χ4v) is 3.66. The molecule has 8 heteroatoms. The largest absolute Gasteiger partial charge is 0.497 e. The maximum absolute atomic E-state index is 12.3. The highest BCUT2D eigenvalue weighted by Gasteiger charge is 2.12. The molecule has 1 heterocycles. The molecule has 0 aliphatic heterocycles. The number of benzene rings is 2. The summed E-state index contributed by atoms with van der Waals surface area (Å²) in [5, 5.41) is 7.83. The molecule has 0 aliphatic rings. The van der Waals surface area contributed by atoms with Gasteiger partial charge >= 0.3 is 0 Å². The van der Waals surface area contributed by atoms with E-state index in [1.165, 1.54) is 11.3 Å². The first-order valence-electron chi connectivity index (χ1n) is 8.40. The highest BCUT2D eigenvalue weighted by Crippen LogP contribution is 2.21. The number of carbonyl (C=O) groups is 2. The second-order valence-electron chi connectivity index (χ2n) is 6.01. The van der Waals surface area contributed by atoms with Crippen molar-refractivity contribution in [1.82, 2.24) is 4.98 Å². The van der Waals surface area contributed by atoms with E-state index in [4.69, 9.17) is 4.74 Å². The van der Waals surface area contributed by atoms with Crippen molar-refractivity contribution in [3.63, 3.8) is 0 Å². The number of aromatic nitrogens is 1. The molecule has 144 valence electrons. The van der Waals surface area contributed by atoms with E-state index in [9.17, 15) is 9.59 Å². The second-order valence-corrected chi connectivity index (χ2v) is 7.78. The number of methoxy groups -OCH3 is 1. The molecule has 28 heavy (non-hydrogen) atoms. The summed E-state index contributed by atoms with van der Waals surface area (Å²) in [4.78, 5) is 28.9. The highest BCUT2D eigenvalue weighted by atomic mass is 79.9. The Morgan fingerprint density at radius 3 is 2.57 bits per heavy atom. The number of anilines is 2. The lowest BCUT2D eigenvalue weighted by molar-refractivity contribution is -0.115. The van der Waals surface area contributed by atoms with Crippen LogP contribution < -0.4 is 15.4 Å². The van der Waals surface area contributed by atoms with Gasteiger partial charge in [-0.1, -0.05) is 15.9 Å². The molecule has 2 aromatic carbocycles. The lowest BCUT2D eigenvalue weighted by Gasteiger charge is -2.08. The molecule has 3 aromatic rings. The van der Waals surface area contributed by atoms with Crippen molar-refractivity contribution in [2.45, 2.75) is 13.3 Å². The number of ether oxygens (including phenoxy) is 1. The summed E-state index contributed by atoms with van der Waals surface area (Å²) in [7, 11) is 1.57. The van der Waals surface area contributed by atoms with Gasteiger partial charge in [0.25, 0.3) is 5.91 Å². The summed E-state index contributed by atoms with van der Waals surface area (Å²) in [6, 6.07) is 12.4. The normalized spacial score (nSPS) is 10.4. The zero-order chi connectivity index (χ0) is 20.1. The first-order chi connectivity index (χ1) is 13.4. The third kappa shape index (κ3) is 5.17. The van der Waals surface area contributed by atoms with Gasteiger partial charge in [0.05, 0.1) is 19.2 Å². The quantitative estimate of drug-likeness (QED) is 0.561. The van der Waals surface area contributed by atoms with Crippen LogP contribution in [0.4, 0.5) is 10.8 Å².